The van der Waals surface area contributed by atoms with Gasteiger partial charge in [-0.2, -0.15) is 13.2 Å². The number of thiazole rings is 2. The molecule has 0 aliphatic heterocycles. The van der Waals surface area contributed by atoms with E-state index in [0.29, 0.717) is 24.1 Å². The maximum atomic E-state index is 12.6. The molecule has 0 fully saturated rings. The first-order valence-corrected chi connectivity index (χ1v) is 10.3. The molecule has 2 rings (SSSR count). The van der Waals surface area contributed by atoms with Crippen LogP contribution in [0.15, 0.2) is 15.8 Å². The van der Waals surface area contributed by atoms with E-state index in [1.165, 1.54) is 0 Å². The number of hydrogen-bond donors (Lipinski definition) is 2. The van der Waals surface area contributed by atoms with Crippen LogP contribution in [0.4, 0.5) is 13.2 Å². The molecule has 0 unspecified atom stereocenters. The lowest BCUT2D eigenvalue weighted by Crippen LogP contribution is -2.38. The third kappa shape index (κ3) is 7.82. The Labute approximate surface area is 188 Å². The highest BCUT2D eigenvalue weighted by atomic mass is 127. The Bertz CT molecular complexity index is 765. The van der Waals surface area contributed by atoms with Crippen molar-refractivity contribution >= 4 is 52.6 Å². The number of halogens is 4. The van der Waals surface area contributed by atoms with Crippen LogP contribution >= 0.6 is 46.7 Å². The summed E-state index contributed by atoms with van der Waals surface area (Å²) in [6.07, 6.45) is -3.67. The van der Waals surface area contributed by atoms with E-state index in [1.807, 2.05) is 6.92 Å². The zero-order valence-electron chi connectivity index (χ0n) is 16.2. The molecule has 0 radical (unpaired) electrons. The summed E-state index contributed by atoms with van der Waals surface area (Å²) in [5.74, 6) is 0.550. The minimum Gasteiger partial charge on any atom is -0.357 e. The first-order chi connectivity index (χ1) is 12.6. The molecule has 0 saturated carbocycles. The lowest BCUT2D eigenvalue weighted by molar-refractivity contribution is -0.140. The molecule has 28 heavy (non-hydrogen) atoms. The third-order valence-electron chi connectivity index (χ3n) is 3.51. The molecule has 0 amide bonds. The van der Waals surface area contributed by atoms with Gasteiger partial charge in [-0.25, -0.2) is 15.0 Å². The van der Waals surface area contributed by atoms with Gasteiger partial charge >= 0.3 is 6.18 Å². The summed E-state index contributed by atoms with van der Waals surface area (Å²) in [6, 6.07) is 0. The lowest BCUT2D eigenvalue weighted by atomic mass is 9.93. The third-order valence-corrected chi connectivity index (χ3v) is 5.25. The molecule has 0 spiro atoms. The fraction of sp³-hybridized carbons (Fsp3) is 0.588. The average Bonchev–Trinajstić information content (AvgIpc) is 3.21. The molecule has 0 aliphatic carbocycles. The Balaban J connectivity index is 0.00000392. The van der Waals surface area contributed by atoms with Crippen molar-refractivity contribution in [3.05, 3.63) is 32.2 Å². The number of aromatic nitrogens is 2. The van der Waals surface area contributed by atoms with E-state index in [0.717, 1.165) is 33.8 Å². The molecule has 0 saturated heterocycles. The molecule has 2 aromatic heterocycles. The van der Waals surface area contributed by atoms with E-state index in [2.05, 4.69) is 51.7 Å². The van der Waals surface area contributed by atoms with Crippen molar-refractivity contribution in [3.63, 3.8) is 0 Å². The van der Waals surface area contributed by atoms with E-state index >= 15 is 0 Å². The second-order valence-corrected chi connectivity index (χ2v) is 8.76. The van der Waals surface area contributed by atoms with Crippen LogP contribution < -0.4 is 10.6 Å². The number of guanidine groups is 1. The van der Waals surface area contributed by atoms with Crippen molar-refractivity contribution < 1.29 is 13.2 Å². The number of aliphatic imine (C=N–C) groups is 1. The highest BCUT2D eigenvalue weighted by molar-refractivity contribution is 14.0. The van der Waals surface area contributed by atoms with Gasteiger partial charge in [-0.05, 0) is 6.92 Å². The number of nitrogens with zero attached hydrogens (tertiary/aromatic N) is 3. The summed E-state index contributed by atoms with van der Waals surface area (Å²) in [5.41, 5.74) is 0.239. The number of hydrogen-bond acceptors (Lipinski definition) is 5. The molecule has 0 atom stereocenters. The van der Waals surface area contributed by atoms with Gasteiger partial charge in [-0.15, -0.1) is 46.7 Å². The topological polar surface area (TPSA) is 62.2 Å². The molecule has 11 heteroatoms. The van der Waals surface area contributed by atoms with Crippen LogP contribution in [0.2, 0.25) is 0 Å². The summed E-state index contributed by atoms with van der Waals surface area (Å²) in [6.45, 7) is 9.70. The second-order valence-electron chi connectivity index (χ2n) is 6.87. The van der Waals surface area contributed by atoms with Crippen LogP contribution in [0.1, 0.15) is 49.1 Å². The van der Waals surface area contributed by atoms with Gasteiger partial charge in [0.1, 0.15) is 5.01 Å². The maximum Gasteiger partial charge on any atom is 0.434 e. The van der Waals surface area contributed by atoms with Gasteiger partial charge < -0.3 is 10.6 Å². The van der Waals surface area contributed by atoms with Crippen LogP contribution in [0.3, 0.4) is 0 Å². The highest BCUT2D eigenvalue weighted by Crippen LogP contribution is 2.30. The fourth-order valence-corrected chi connectivity index (χ4v) is 3.81. The molecule has 0 aromatic carbocycles. The summed E-state index contributed by atoms with van der Waals surface area (Å²) in [5, 5.41) is 10.7. The zero-order valence-corrected chi connectivity index (χ0v) is 20.1. The highest BCUT2D eigenvalue weighted by Gasteiger charge is 2.33. The van der Waals surface area contributed by atoms with Gasteiger partial charge in [-0.1, -0.05) is 20.8 Å². The summed E-state index contributed by atoms with van der Waals surface area (Å²) < 4.78 is 37.8. The maximum absolute atomic E-state index is 12.6. The molecule has 2 aromatic rings. The van der Waals surface area contributed by atoms with Crippen molar-refractivity contribution in [2.75, 3.05) is 13.1 Å². The molecule has 0 aliphatic rings. The molecule has 158 valence electrons. The smallest absolute Gasteiger partial charge is 0.357 e. The summed E-state index contributed by atoms with van der Waals surface area (Å²) >= 11 is 2.59. The van der Waals surface area contributed by atoms with Crippen LogP contribution in [0, 0.1) is 0 Å². The van der Waals surface area contributed by atoms with Crippen molar-refractivity contribution in [2.45, 2.75) is 52.3 Å². The number of rotatable bonds is 6. The molecule has 0 bridgehead atoms. The van der Waals surface area contributed by atoms with Gasteiger partial charge in [0.25, 0.3) is 0 Å². The summed E-state index contributed by atoms with van der Waals surface area (Å²) in [7, 11) is 0. The Hall–Kier alpha value is -0.950. The number of nitrogens with one attached hydrogen (secondary N) is 2. The predicted molar refractivity (Wildman–Crippen MR) is 120 cm³/mol. The minimum absolute atomic E-state index is 0. The zero-order chi connectivity index (χ0) is 20.1. The Kier molecular flexibility index (Phi) is 9.60. The van der Waals surface area contributed by atoms with Crippen molar-refractivity contribution in [2.24, 2.45) is 4.99 Å². The Morgan fingerprint density at radius 2 is 1.64 bits per heavy atom. The van der Waals surface area contributed by atoms with Crippen molar-refractivity contribution in [3.8, 4) is 0 Å². The van der Waals surface area contributed by atoms with Gasteiger partial charge in [0.2, 0.25) is 0 Å². The van der Waals surface area contributed by atoms with Crippen molar-refractivity contribution in [1.82, 2.24) is 20.6 Å². The van der Waals surface area contributed by atoms with Gasteiger partial charge in [0.05, 0.1) is 17.2 Å². The Morgan fingerprint density at radius 3 is 2.18 bits per heavy atom. The molecular formula is C17H25F3IN5S2. The Morgan fingerprint density at radius 1 is 1.04 bits per heavy atom. The quantitative estimate of drug-likeness (QED) is 0.309. The van der Waals surface area contributed by atoms with Gasteiger partial charge in [0, 0.05) is 35.7 Å². The SMILES string of the molecule is CCNC(=NCc1nc(C(F)(F)F)cs1)NCCc1nc(C(C)(C)C)cs1.I. The van der Waals surface area contributed by atoms with E-state index in [-0.39, 0.29) is 35.9 Å². The average molecular weight is 547 g/mol. The minimum atomic E-state index is -4.42. The number of alkyl halides is 3. The standard InChI is InChI=1S/C17H24F3N5S2.HI/c1-5-21-15(23-8-14-25-12(10-27-14)17(18,19)20)22-7-6-13-24-11(9-26-13)16(2,3)4;/h9-10H,5-8H2,1-4H3,(H2,21,22,23);1H. The van der Waals surface area contributed by atoms with Crippen LogP contribution in [0.25, 0.3) is 0 Å². The van der Waals surface area contributed by atoms with E-state index in [4.69, 9.17) is 0 Å². The van der Waals surface area contributed by atoms with E-state index in [9.17, 15) is 13.2 Å². The molecule has 2 heterocycles. The van der Waals surface area contributed by atoms with Crippen LogP contribution in [-0.2, 0) is 24.6 Å². The molecule has 5 nitrogen and oxygen atoms in total. The molecular weight excluding hydrogens is 522 g/mol. The largest absolute Gasteiger partial charge is 0.434 e. The van der Waals surface area contributed by atoms with Gasteiger partial charge in [-0.3, -0.25) is 0 Å². The monoisotopic (exact) mass is 547 g/mol. The van der Waals surface area contributed by atoms with Crippen LogP contribution in [0.5, 0.6) is 0 Å². The van der Waals surface area contributed by atoms with Gasteiger partial charge in [0.15, 0.2) is 11.7 Å². The van der Waals surface area contributed by atoms with E-state index in [1.54, 1.807) is 11.3 Å². The normalized spacial score (nSPS) is 12.6. The lowest BCUT2D eigenvalue weighted by Gasteiger charge is -2.14. The first-order valence-electron chi connectivity index (χ1n) is 8.58. The van der Waals surface area contributed by atoms with E-state index < -0.39 is 11.9 Å². The predicted octanol–water partition coefficient (Wildman–Crippen LogP) is 4.83. The molecule has 2 N–H and O–H groups in total. The first kappa shape index (κ1) is 25.1. The van der Waals surface area contributed by atoms with Crippen LogP contribution in [-0.4, -0.2) is 29.0 Å². The second kappa shape index (κ2) is 10.7. The van der Waals surface area contributed by atoms with Crippen molar-refractivity contribution in [1.29, 1.82) is 0 Å². The fourth-order valence-electron chi connectivity index (χ4n) is 2.06. The summed E-state index contributed by atoms with van der Waals surface area (Å²) in [4.78, 5) is 12.5.